The SMILES string of the molecule is CC/C=C\C/C=C\C/C=C\C/C=C\C/C=C\C/C=C\C/C=C\C/C=C\CCCCCCCCCCC(=O)OC(COC(=O)CCCCCCCCCCCCCCCCCCCC)COP(=O)([O-])OCC[N+](C)(C)C. The first-order valence-corrected chi connectivity index (χ1v) is 31.9. The van der Waals surface area contributed by atoms with Crippen molar-refractivity contribution >= 4 is 19.8 Å². The van der Waals surface area contributed by atoms with Crippen LogP contribution in [0.1, 0.15) is 251 Å². The number of quaternary nitrogens is 1. The van der Waals surface area contributed by atoms with Gasteiger partial charge in [-0.3, -0.25) is 14.2 Å². The number of esters is 2. The second-order valence-electron chi connectivity index (χ2n) is 21.3. The summed E-state index contributed by atoms with van der Waals surface area (Å²) in [5, 5.41) is 0. The molecule has 0 spiro atoms. The monoisotopic (exact) mass is 1070 g/mol. The minimum atomic E-state index is -4.64. The molecule has 0 saturated carbocycles. The van der Waals surface area contributed by atoms with Crippen LogP contribution in [0.4, 0.5) is 0 Å². The van der Waals surface area contributed by atoms with E-state index in [9.17, 15) is 19.0 Å². The highest BCUT2D eigenvalue weighted by atomic mass is 31.2. The molecule has 2 atom stereocenters. The molecule has 0 aliphatic rings. The molecule has 0 amide bonds. The summed E-state index contributed by atoms with van der Waals surface area (Å²) in [5.74, 6) is -0.840. The van der Waals surface area contributed by atoms with Crippen molar-refractivity contribution in [1.29, 1.82) is 0 Å². The first-order valence-electron chi connectivity index (χ1n) is 30.4. The van der Waals surface area contributed by atoms with Crippen molar-refractivity contribution in [2.45, 2.75) is 258 Å². The Hall–Kier alpha value is -3.07. The van der Waals surface area contributed by atoms with Crippen LogP contribution in [0.15, 0.2) is 97.2 Å². The van der Waals surface area contributed by atoms with E-state index in [0.29, 0.717) is 17.4 Å². The van der Waals surface area contributed by atoms with Crippen molar-refractivity contribution in [2.75, 3.05) is 47.5 Å². The van der Waals surface area contributed by atoms with E-state index in [1.165, 1.54) is 122 Å². The summed E-state index contributed by atoms with van der Waals surface area (Å²) < 4.78 is 34.2. The molecule has 0 heterocycles. The smallest absolute Gasteiger partial charge is 0.306 e. The maximum absolute atomic E-state index is 12.8. The van der Waals surface area contributed by atoms with Crippen LogP contribution in [0.25, 0.3) is 0 Å². The zero-order valence-electron chi connectivity index (χ0n) is 49.0. The average molecular weight is 1070 g/mol. The number of rotatable bonds is 55. The molecule has 0 rings (SSSR count). The molecule has 0 aliphatic carbocycles. The zero-order chi connectivity index (χ0) is 54.9. The van der Waals surface area contributed by atoms with Crippen molar-refractivity contribution in [3.05, 3.63) is 97.2 Å². The second-order valence-corrected chi connectivity index (χ2v) is 22.8. The molecule has 10 heteroatoms. The Morgan fingerprint density at radius 3 is 1.13 bits per heavy atom. The van der Waals surface area contributed by atoms with Crippen LogP contribution >= 0.6 is 7.82 Å². The summed E-state index contributed by atoms with van der Waals surface area (Å²) in [7, 11) is 1.16. The molecule has 0 saturated heterocycles. The van der Waals surface area contributed by atoms with Crippen LogP contribution in [-0.4, -0.2) is 70.0 Å². The molecular formula is C65H114NO8P. The molecule has 75 heavy (non-hydrogen) atoms. The molecule has 0 aliphatic heterocycles. The van der Waals surface area contributed by atoms with E-state index in [1.807, 2.05) is 21.1 Å². The number of carbonyl (C=O) groups excluding carboxylic acids is 2. The number of hydrogen-bond donors (Lipinski definition) is 0. The van der Waals surface area contributed by atoms with Gasteiger partial charge < -0.3 is 27.9 Å². The highest BCUT2D eigenvalue weighted by molar-refractivity contribution is 7.45. The van der Waals surface area contributed by atoms with Gasteiger partial charge in [-0.15, -0.1) is 0 Å². The van der Waals surface area contributed by atoms with Gasteiger partial charge in [-0.1, -0.05) is 259 Å². The fourth-order valence-corrected chi connectivity index (χ4v) is 8.93. The lowest BCUT2D eigenvalue weighted by molar-refractivity contribution is -0.870. The predicted octanol–water partition coefficient (Wildman–Crippen LogP) is 18.6. The summed E-state index contributed by atoms with van der Waals surface area (Å²) in [4.78, 5) is 37.9. The Morgan fingerprint density at radius 1 is 0.427 bits per heavy atom. The number of ether oxygens (including phenoxy) is 2. The van der Waals surface area contributed by atoms with Gasteiger partial charge in [0.25, 0.3) is 7.82 Å². The van der Waals surface area contributed by atoms with Gasteiger partial charge in [0.2, 0.25) is 0 Å². The van der Waals surface area contributed by atoms with Gasteiger partial charge in [-0.2, -0.15) is 0 Å². The first-order chi connectivity index (χ1) is 36.5. The van der Waals surface area contributed by atoms with Gasteiger partial charge in [0, 0.05) is 12.8 Å². The van der Waals surface area contributed by atoms with Gasteiger partial charge in [0.1, 0.15) is 19.8 Å². The predicted molar refractivity (Wildman–Crippen MR) is 319 cm³/mol. The number of carbonyl (C=O) groups is 2. The molecule has 2 unspecified atom stereocenters. The Balaban J connectivity index is 4.16. The van der Waals surface area contributed by atoms with E-state index in [2.05, 4.69) is 111 Å². The molecule has 0 fully saturated rings. The average Bonchev–Trinajstić information content (AvgIpc) is 3.37. The van der Waals surface area contributed by atoms with Crippen LogP contribution in [0.2, 0.25) is 0 Å². The third-order valence-corrected chi connectivity index (χ3v) is 13.8. The van der Waals surface area contributed by atoms with E-state index < -0.39 is 26.5 Å². The standard InChI is InChI=1S/C65H114NO8P/c1-6-8-10-12-14-16-18-20-22-24-26-27-28-29-30-31-32-33-34-35-36-37-38-39-40-42-44-46-48-50-52-54-56-58-65(68)74-63(62-73-75(69,70)72-60-59-66(3,4)5)61-71-64(67)57-55-53-51-49-47-45-43-41-25-23-21-19-17-15-13-11-9-7-2/h8,10,14,16,20,22,26-27,29-30,32-33,35-36,38-39,63H,6-7,9,11-13,15,17-19,21,23-25,28,31,34,37,40-62H2,1-5H3/b10-8-,16-14-,22-20-,27-26-,30-29-,33-32-,36-35-,39-38-. The summed E-state index contributed by atoms with van der Waals surface area (Å²) in [6.45, 7) is 4.13. The number of phosphoric ester groups is 1. The fourth-order valence-electron chi connectivity index (χ4n) is 8.20. The van der Waals surface area contributed by atoms with Crippen molar-refractivity contribution in [2.24, 2.45) is 0 Å². The molecular weight excluding hydrogens is 954 g/mol. The van der Waals surface area contributed by atoms with E-state index in [1.54, 1.807) is 0 Å². The number of allylic oxidation sites excluding steroid dienone is 16. The van der Waals surface area contributed by atoms with Crippen molar-refractivity contribution in [3.63, 3.8) is 0 Å². The van der Waals surface area contributed by atoms with Crippen LogP contribution in [-0.2, 0) is 32.7 Å². The number of phosphoric acid groups is 1. The summed E-state index contributed by atoms with van der Waals surface area (Å²) in [6.07, 6.45) is 75.9. The van der Waals surface area contributed by atoms with Crippen molar-refractivity contribution in [3.8, 4) is 0 Å². The number of unbranched alkanes of at least 4 members (excludes halogenated alkanes) is 25. The third-order valence-electron chi connectivity index (χ3n) is 12.9. The quantitative estimate of drug-likeness (QED) is 0.0195. The van der Waals surface area contributed by atoms with E-state index in [4.69, 9.17) is 18.5 Å². The van der Waals surface area contributed by atoms with Gasteiger partial charge in [-0.05, 0) is 77.0 Å². The van der Waals surface area contributed by atoms with Gasteiger partial charge in [0.05, 0.1) is 27.7 Å². The first kappa shape index (κ1) is 71.9. The molecule has 0 aromatic heterocycles. The lowest BCUT2D eigenvalue weighted by Crippen LogP contribution is -2.37. The Labute approximate surface area is 462 Å². The van der Waals surface area contributed by atoms with Crippen molar-refractivity contribution < 1.29 is 42.1 Å². The zero-order valence-corrected chi connectivity index (χ0v) is 49.9. The van der Waals surface area contributed by atoms with E-state index in [0.717, 1.165) is 96.3 Å². The lowest BCUT2D eigenvalue weighted by atomic mass is 10.0. The Morgan fingerprint density at radius 2 is 0.760 bits per heavy atom. The lowest BCUT2D eigenvalue weighted by Gasteiger charge is -2.28. The number of nitrogens with zero attached hydrogens (tertiary/aromatic N) is 1. The fraction of sp³-hybridized carbons (Fsp3) is 0.723. The van der Waals surface area contributed by atoms with E-state index in [-0.39, 0.29) is 32.0 Å². The Bertz CT molecular complexity index is 1590. The molecule has 0 N–H and O–H groups in total. The summed E-state index contributed by atoms with van der Waals surface area (Å²) >= 11 is 0. The maximum Gasteiger partial charge on any atom is 0.306 e. The molecule has 432 valence electrons. The highest BCUT2D eigenvalue weighted by Gasteiger charge is 2.22. The number of hydrogen-bond acceptors (Lipinski definition) is 8. The molecule has 0 aromatic rings. The van der Waals surface area contributed by atoms with Crippen LogP contribution in [0, 0.1) is 0 Å². The molecule has 0 aromatic carbocycles. The Kier molecular flexibility index (Phi) is 53.4. The topological polar surface area (TPSA) is 111 Å². The minimum absolute atomic E-state index is 0.0355. The van der Waals surface area contributed by atoms with E-state index >= 15 is 0 Å². The van der Waals surface area contributed by atoms with Crippen molar-refractivity contribution in [1.82, 2.24) is 0 Å². The maximum atomic E-state index is 12.8. The molecule has 0 bridgehead atoms. The van der Waals surface area contributed by atoms with Gasteiger partial charge >= 0.3 is 11.9 Å². The highest BCUT2D eigenvalue weighted by Crippen LogP contribution is 2.38. The summed E-state index contributed by atoms with van der Waals surface area (Å²) in [5.41, 5.74) is 0. The van der Waals surface area contributed by atoms with Crippen LogP contribution in [0.3, 0.4) is 0 Å². The second kappa shape index (κ2) is 55.7. The van der Waals surface area contributed by atoms with Crippen LogP contribution in [0.5, 0.6) is 0 Å². The minimum Gasteiger partial charge on any atom is -0.756 e. The number of likely N-dealkylation sites (N-methyl/N-ethyl adjacent to an activating group) is 1. The normalized spacial score (nSPS) is 13.9. The summed E-state index contributed by atoms with van der Waals surface area (Å²) in [6, 6.07) is 0. The third kappa shape index (κ3) is 60.0. The molecule has 0 radical (unpaired) electrons. The van der Waals surface area contributed by atoms with Gasteiger partial charge in [0.15, 0.2) is 6.10 Å². The molecule has 9 nitrogen and oxygen atoms in total. The largest absolute Gasteiger partial charge is 0.756 e. The van der Waals surface area contributed by atoms with Gasteiger partial charge in [-0.25, -0.2) is 0 Å². The van der Waals surface area contributed by atoms with Crippen LogP contribution < -0.4 is 4.89 Å².